The lowest BCUT2D eigenvalue weighted by Gasteiger charge is -2.22. The molecule has 4 nitrogen and oxygen atoms in total. The maximum absolute atomic E-state index is 7.51. The third-order valence-electron chi connectivity index (χ3n) is 3.13. The van der Waals surface area contributed by atoms with E-state index < -0.39 is 0 Å². The summed E-state index contributed by atoms with van der Waals surface area (Å²) in [6.07, 6.45) is 2.67. The number of nitrogen functional groups attached to an aromatic ring is 1. The summed E-state index contributed by atoms with van der Waals surface area (Å²) < 4.78 is 0. The predicted molar refractivity (Wildman–Crippen MR) is 70.6 cm³/mol. The molecule has 0 spiro atoms. The van der Waals surface area contributed by atoms with Gasteiger partial charge in [-0.1, -0.05) is 0 Å². The maximum Gasteiger partial charge on any atom is 0.129 e. The number of aryl methyl sites for hydroxylation is 1. The fraction of sp³-hybridized carbons (Fsp3) is 0.538. The van der Waals surface area contributed by atoms with Crippen LogP contribution in [-0.4, -0.2) is 23.9 Å². The van der Waals surface area contributed by atoms with Crippen LogP contribution in [0.15, 0.2) is 12.1 Å². The molecule has 1 aromatic heterocycles. The molecule has 0 amide bonds. The molecule has 1 heterocycles. The topological polar surface area (TPSA) is 66.0 Å². The van der Waals surface area contributed by atoms with E-state index in [1.165, 1.54) is 12.8 Å². The lowest BCUT2D eigenvalue weighted by molar-refractivity contribution is 0.730. The van der Waals surface area contributed by atoms with Crippen LogP contribution in [-0.2, 0) is 0 Å². The molecule has 0 aliphatic heterocycles. The van der Waals surface area contributed by atoms with Gasteiger partial charge in [-0.15, -0.1) is 0 Å². The van der Waals surface area contributed by atoms with Gasteiger partial charge in [0.1, 0.15) is 11.7 Å². The Morgan fingerprint density at radius 2 is 2.24 bits per heavy atom. The zero-order chi connectivity index (χ0) is 12.4. The second kappa shape index (κ2) is 4.73. The number of rotatable bonds is 5. The van der Waals surface area contributed by atoms with Crippen LogP contribution in [0.4, 0.5) is 5.82 Å². The number of nitrogens with zero attached hydrogens (tertiary/aromatic N) is 2. The van der Waals surface area contributed by atoms with Crippen molar-refractivity contribution in [3.05, 3.63) is 23.4 Å². The Kier molecular flexibility index (Phi) is 3.31. The fourth-order valence-corrected chi connectivity index (χ4v) is 1.97. The number of hydrogen-bond acceptors (Lipinski definition) is 3. The van der Waals surface area contributed by atoms with E-state index in [-0.39, 0.29) is 5.84 Å². The average molecular weight is 232 g/mol. The number of pyridine rings is 1. The fourth-order valence-electron chi connectivity index (χ4n) is 1.97. The molecule has 92 valence electrons. The van der Waals surface area contributed by atoms with Gasteiger partial charge in [-0.3, -0.25) is 5.41 Å². The van der Waals surface area contributed by atoms with E-state index in [1.807, 2.05) is 19.1 Å². The Labute approximate surface area is 102 Å². The summed E-state index contributed by atoms with van der Waals surface area (Å²) in [4.78, 5) is 6.82. The van der Waals surface area contributed by atoms with Gasteiger partial charge in [-0.2, -0.15) is 0 Å². The Balaban J connectivity index is 2.24. The lowest BCUT2D eigenvalue weighted by Crippen LogP contribution is -2.27. The first-order valence-electron chi connectivity index (χ1n) is 6.18. The highest BCUT2D eigenvalue weighted by Gasteiger charge is 2.24. The van der Waals surface area contributed by atoms with Crippen molar-refractivity contribution in [1.82, 2.24) is 4.98 Å². The van der Waals surface area contributed by atoms with Crippen molar-refractivity contribution < 1.29 is 0 Å². The summed E-state index contributed by atoms with van der Waals surface area (Å²) in [6.45, 7) is 6.11. The first-order valence-corrected chi connectivity index (χ1v) is 6.18. The van der Waals surface area contributed by atoms with Crippen molar-refractivity contribution in [2.24, 2.45) is 11.7 Å². The number of amidine groups is 1. The molecule has 1 aromatic rings. The quantitative estimate of drug-likeness (QED) is 0.602. The maximum atomic E-state index is 7.51. The van der Waals surface area contributed by atoms with E-state index in [0.29, 0.717) is 0 Å². The average Bonchev–Trinajstić information content (AvgIpc) is 3.08. The first-order chi connectivity index (χ1) is 8.10. The molecule has 0 bridgehead atoms. The van der Waals surface area contributed by atoms with Crippen molar-refractivity contribution in [2.45, 2.75) is 26.7 Å². The van der Waals surface area contributed by atoms with Gasteiger partial charge in [0, 0.05) is 24.3 Å². The van der Waals surface area contributed by atoms with Gasteiger partial charge in [0.05, 0.1) is 0 Å². The van der Waals surface area contributed by atoms with Gasteiger partial charge in [-0.05, 0) is 44.7 Å². The summed E-state index contributed by atoms with van der Waals surface area (Å²) in [5.74, 6) is 1.89. The zero-order valence-corrected chi connectivity index (χ0v) is 10.5. The summed E-state index contributed by atoms with van der Waals surface area (Å²) in [6, 6.07) is 3.78. The standard InChI is InChI=1S/C13H20N4/c1-3-17(8-10-4-5-10)12-7-11(13(14)15)6-9(2)16-12/h6-7,10H,3-5,8H2,1-2H3,(H3,14,15). The molecule has 1 aliphatic rings. The molecule has 3 N–H and O–H groups in total. The number of hydrogen-bond donors (Lipinski definition) is 2. The smallest absolute Gasteiger partial charge is 0.129 e. The van der Waals surface area contributed by atoms with E-state index in [2.05, 4.69) is 16.8 Å². The second-order valence-electron chi connectivity index (χ2n) is 4.75. The van der Waals surface area contributed by atoms with Crippen molar-refractivity contribution in [1.29, 1.82) is 5.41 Å². The van der Waals surface area contributed by atoms with Crippen LogP contribution in [0.1, 0.15) is 31.0 Å². The van der Waals surface area contributed by atoms with E-state index in [1.54, 1.807) is 0 Å². The second-order valence-corrected chi connectivity index (χ2v) is 4.75. The summed E-state index contributed by atoms with van der Waals surface area (Å²) in [5, 5.41) is 7.51. The minimum absolute atomic E-state index is 0.110. The van der Waals surface area contributed by atoms with Gasteiger partial charge in [0.2, 0.25) is 0 Å². The summed E-state index contributed by atoms with van der Waals surface area (Å²) in [7, 11) is 0. The zero-order valence-electron chi connectivity index (χ0n) is 10.5. The van der Waals surface area contributed by atoms with E-state index >= 15 is 0 Å². The van der Waals surface area contributed by atoms with Crippen molar-refractivity contribution >= 4 is 11.7 Å². The molecule has 0 atom stereocenters. The number of anilines is 1. The van der Waals surface area contributed by atoms with Gasteiger partial charge in [0.15, 0.2) is 0 Å². The van der Waals surface area contributed by atoms with Crippen LogP contribution >= 0.6 is 0 Å². The molecule has 1 saturated carbocycles. The third-order valence-corrected chi connectivity index (χ3v) is 3.13. The van der Waals surface area contributed by atoms with Gasteiger partial charge in [-0.25, -0.2) is 4.98 Å². The third kappa shape index (κ3) is 2.96. The van der Waals surface area contributed by atoms with Crippen LogP contribution < -0.4 is 10.6 Å². The van der Waals surface area contributed by atoms with Crippen LogP contribution in [0.25, 0.3) is 0 Å². The van der Waals surface area contributed by atoms with Crippen molar-refractivity contribution in [3.63, 3.8) is 0 Å². The summed E-state index contributed by atoms with van der Waals surface area (Å²) >= 11 is 0. The Hall–Kier alpha value is -1.58. The minimum atomic E-state index is 0.110. The first kappa shape index (κ1) is 11.9. The van der Waals surface area contributed by atoms with E-state index in [4.69, 9.17) is 11.1 Å². The molecule has 1 aliphatic carbocycles. The van der Waals surface area contributed by atoms with Crippen LogP contribution in [0, 0.1) is 18.3 Å². The highest BCUT2D eigenvalue weighted by atomic mass is 15.2. The molecular weight excluding hydrogens is 212 g/mol. The normalized spacial score (nSPS) is 14.7. The number of nitrogens with one attached hydrogen (secondary N) is 1. The highest BCUT2D eigenvalue weighted by molar-refractivity contribution is 5.95. The van der Waals surface area contributed by atoms with E-state index in [9.17, 15) is 0 Å². The molecule has 2 rings (SSSR count). The monoisotopic (exact) mass is 232 g/mol. The van der Waals surface area contributed by atoms with Gasteiger partial charge in [0.25, 0.3) is 0 Å². The Morgan fingerprint density at radius 3 is 2.76 bits per heavy atom. The van der Waals surface area contributed by atoms with Gasteiger partial charge < -0.3 is 10.6 Å². The largest absolute Gasteiger partial charge is 0.384 e. The molecule has 17 heavy (non-hydrogen) atoms. The van der Waals surface area contributed by atoms with Crippen LogP contribution in [0.5, 0.6) is 0 Å². The molecule has 4 heteroatoms. The Morgan fingerprint density at radius 1 is 1.53 bits per heavy atom. The van der Waals surface area contributed by atoms with Crippen molar-refractivity contribution in [3.8, 4) is 0 Å². The number of nitrogens with two attached hydrogens (primary N) is 1. The highest BCUT2D eigenvalue weighted by Crippen LogP contribution is 2.31. The van der Waals surface area contributed by atoms with Crippen LogP contribution in [0.3, 0.4) is 0 Å². The molecule has 1 fully saturated rings. The molecular formula is C13H20N4. The number of aromatic nitrogens is 1. The predicted octanol–water partition coefficient (Wildman–Crippen LogP) is 1.91. The Bertz CT molecular complexity index is 423. The van der Waals surface area contributed by atoms with E-state index in [0.717, 1.165) is 36.1 Å². The lowest BCUT2D eigenvalue weighted by atomic mass is 10.2. The molecule has 0 unspecified atom stereocenters. The van der Waals surface area contributed by atoms with Crippen molar-refractivity contribution in [2.75, 3.05) is 18.0 Å². The minimum Gasteiger partial charge on any atom is -0.384 e. The molecule has 0 saturated heterocycles. The molecule has 0 aromatic carbocycles. The summed E-state index contributed by atoms with van der Waals surface area (Å²) in [5.41, 5.74) is 7.23. The SMILES string of the molecule is CCN(CC1CC1)c1cc(C(=N)N)cc(C)n1. The molecule has 0 radical (unpaired) electrons. The van der Waals surface area contributed by atoms with Crippen LogP contribution in [0.2, 0.25) is 0 Å². The van der Waals surface area contributed by atoms with Gasteiger partial charge >= 0.3 is 0 Å².